The molecule has 19 heavy (non-hydrogen) atoms. The van der Waals surface area contributed by atoms with Crippen LogP contribution in [-0.2, 0) is 10.0 Å². The Kier molecular flexibility index (Phi) is 4.07. The Morgan fingerprint density at radius 1 is 1.32 bits per heavy atom. The molecule has 1 fully saturated rings. The molecule has 106 valence electrons. The van der Waals surface area contributed by atoms with Crippen molar-refractivity contribution in [3.05, 3.63) is 23.5 Å². The summed E-state index contributed by atoms with van der Waals surface area (Å²) in [6.45, 7) is 3.46. The van der Waals surface area contributed by atoms with Crippen LogP contribution in [0.2, 0.25) is 0 Å². The topological polar surface area (TPSA) is 58.6 Å². The van der Waals surface area contributed by atoms with Crippen molar-refractivity contribution in [2.75, 3.05) is 33.3 Å². The van der Waals surface area contributed by atoms with E-state index >= 15 is 0 Å². The zero-order valence-electron chi connectivity index (χ0n) is 10.9. The number of ether oxygens (including phenoxy) is 1. The minimum atomic E-state index is -3.64. The zero-order valence-corrected chi connectivity index (χ0v) is 11.8. The summed E-state index contributed by atoms with van der Waals surface area (Å²) in [7, 11) is -2.29. The van der Waals surface area contributed by atoms with Crippen molar-refractivity contribution < 1.29 is 17.5 Å². The van der Waals surface area contributed by atoms with Gasteiger partial charge in [-0.25, -0.2) is 12.8 Å². The van der Waals surface area contributed by atoms with Gasteiger partial charge in [0.1, 0.15) is 0 Å². The highest BCUT2D eigenvalue weighted by Crippen LogP contribution is 2.28. The van der Waals surface area contributed by atoms with Crippen LogP contribution in [0.4, 0.5) is 4.39 Å². The van der Waals surface area contributed by atoms with Crippen LogP contribution in [0.5, 0.6) is 5.75 Å². The molecule has 0 unspecified atom stereocenters. The first-order valence-electron chi connectivity index (χ1n) is 6.02. The van der Waals surface area contributed by atoms with Gasteiger partial charge in [-0.05, 0) is 19.1 Å². The number of sulfonamides is 1. The standard InChI is InChI=1S/C12H17FN2O3S/c1-9-11(4-3-10(18-2)12(9)13)19(16,17)15-7-5-14-6-8-15/h3-4,14H,5-8H2,1-2H3. The molecule has 1 aromatic rings. The molecule has 1 saturated heterocycles. The highest BCUT2D eigenvalue weighted by molar-refractivity contribution is 7.89. The molecule has 1 aliphatic rings. The van der Waals surface area contributed by atoms with Crippen molar-refractivity contribution in [2.24, 2.45) is 0 Å². The fraction of sp³-hybridized carbons (Fsp3) is 0.500. The molecule has 0 atom stereocenters. The van der Waals surface area contributed by atoms with E-state index in [0.29, 0.717) is 26.2 Å². The number of methoxy groups -OCH3 is 1. The highest BCUT2D eigenvalue weighted by Gasteiger charge is 2.28. The Balaban J connectivity index is 2.43. The van der Waals surface area contributed by atoms with Crippen LogP contribution in [0.25, 0.3) is 0 Å². The number of nitrogens with zero attached hydrogens (tertiary/aromatic N) is 1. The van der Waals surface area contributed by atoms with Gasteiger partial charge >= 0.3 is 0 Å². The highest BCUT2D eigenvalue weighted by atomic mass is 32.2. The van der Waals surface area contributed by atoms with Crippen LogP contribution < -0.4 is 10.1 Å². The average Bonchev–Trinajstić information content (AvgIpc) is 2.42. The summed E-state index contributed by atoms with van der Waals surface area (Å²) >= 11 is 0. The summed E-state index contributed by atoms with van der Waals surface area (Å²) < 4.78 is 45.1. The SMILES string of the molecule is COc1ccc(S(=O)(=O)N2CCNCC2)c(C)c1F. The lowest BCUT2D eigenvalue weighted by molar-refractivity contribution is 0.358. The lowest BCUT2D eigenvalue weighted by atomic mass is 10.2. The molecule has 1 heterocycles. The fourth-order valence-corrected chi connectivity index (χ4v) is 3.76. The number of rotatable bonds is 3. The Hall–Kier alpha value is -1.18. The van der Waals surface area contributed by atoms with E-state index in [0.717, 1.165) is 0 Å². The third-order valence-electron chi connectivity index (χ3n) is 3.21. The van der Waals surface area contributed by atoms with E-state index < -0.39 is 15.8 Å². The van der Waals surface area contributed by atoms with Crippen LogP contribution >= 0.6 is 0 Å². The number of halogens is 1. The van der Waals surface area contributed by atoms with E-state index in [9.17, 15) is 12.8 Å². The molecule has 1 aliphatic heterocycles. The maximum atomic E-state index is 13.9. The molecule has 2 rings (SSSR count). The summed E-state index contributed by atoms with van der Waals surface area (Å²) in [4.78, 5) is 0.00713. The quantitative estimate of drug-likeness (QED) is 0.891. The maximum absolute atomic E-state index is 13.9. The number of hydrogen-bond donors (Lipinski definition) is 1. The number of benzene rings is 1. The molecular formula is C12H17FN2O3S. The summed E-state index contributed by atoms with van der Waals surface area (Å²) in [5, 5.41) is 3.08. The number of nitrogens with one attached hydrogen (secondary N) is 1. The molecular weight excluding hydrogens is 271 g/mol. The summed E-state index contributed by atoms with van der Waals surface area (Å²) in [5.41, 5.74) is 0.0953. The second kappa shape index (κ2) is 5.44. The third kappa shape index (κ3) is 2.58. The Labute approximate surface area is 112 Å². The first-order chi connectivity index (χ1) is 8.98. The Morgan fingerprint density at radius 2 is 1.95 bits per heavy atom. The first kappa shape index (κ1) is 14.2. The largest absolute Gasteiger partial charge is 0.494 e. The molecule has 0 aromatic heterocycles. The Bertz CT molecular complexity index is 569. The van der Waals surface area contributed by atoms with Crippen molar-refractivity contribution in [2.45, 2.75) is 11.8 Å². The first-order valence-corrected chi connectivity index (χ1v) is 7.46. The van der Waals surface area contributed by atoms with Crippen molar-refractivity contribution >= 4 is 10.0 Å². The molecule has 5 nitrogen and oxygen atoms in total. The van der Waals surface area contributed by atoms with Gasteiger partial charge in [-0.1, -0.05) is 0 Å². The third-order valence-corrected chi connectivity index (χ3v) is 5.26. The van der Waals surface area contributed by atoms with Crippen LogP contribution in [0, 0.1) is 12.7 Å². The van der Waals surface area contributed by atoms with Crippen molar-refractivity contribution in [3.8, 4) is 5.75 Å². The molecule has 0 bridgehead atoms. The smallest absolute Gasteiger partial charge is 0.243 e. The van der Waals surface area contributed by atoms with Crippen molar-refractivity contribution in [1.82, 2.24) is 9.62 Å². The van der Waals surface area contributed by atoms with Gasteiger partial charge in [-0.2, -0.15) is 4.31 Å². The fourth-order valence-electron chi connectivity index (χ4n) is 2.10. The zero-order chi connectivity index (χ0) is 14.0. The van der Waals surface area contributed by atoms with Gasteiger partial charge in [0, 0.05) is 31.7 Å². The molecule has 0 saturated carbocycles. The van der Waals surface area contributed by atoms with Crippen LogP contribution in [-0.4, -0.2) is 46.0 Å². The van der Waals surface area contributed by atoms with Crippen LogP contribution in [0.3, 0.4) is 0 Å². The van der Waals surface area contributed by atoms with Gasteiger partial charge in [0.15, 0.2) is 11.6 Å². The molecule has 0 radical (unpaired) electrons. The van der Waals surface area contributed by atoms with Crippen molar-refractivity contribution in [3.63, 3.8) is 0 Å². The van der Waals surface area contributed by atoms with E-state index in [1.807, 2.05) is 0 Å². The minimum absolute atomic E-state index is 0.00713. The predicted molar refractivity (Wildman–Crippen MR) is 69.3 cm³/mol. The maximum Gasteiger partial charge on any atom is 0.243 e. The molecule has 0 amide bonds. The predicted octanol–water partition coefficient (Wildman–Crippen LogP) is 0.737. The molecule has 0 aliphatic carbocycles. The number of piperazine rings is 1. The minimum Gasteiger partial charge on any atom is -0.494 e. The lowest BCUT2D eigenvalue weighted by Gasteiger charge is -2.27. The monoisotopic (exact) mass is 288 g/mol. The summed E-state index contributed by atoms with van der Waals surface area (Å²) in [6.07, 6.45) is 0. The van der Waals surface area contributed by atoms with E-state index in [2.05, 4.69) is 5.32 Å². The molecule has 1 N–H and O–H groups in total. The van der Waals surface area contributed by atoms with E-state index in [1.165, 1.54) is 30.5 Å². The van der Waals surface area contributed by atoms with E-state index in [-0.39, 0.29) is 16.2 Å². The number of hydrogen-bond acceptors (Lipinski definition) is 4. The van der Waals surface area contributed by atoms with Gasteiger partial charge in [0.2, 0.25) is 10.0 Å². The lowest BCUT2D eigenvalue weighted by Crippen LogP contribution is -2.46. The normalized spacial score (nSPS) is 17.4. The summed E-state index contributed by atoms with van der Waals surface area (Å²) in [6, 6.07) is 2.74. The Morgan fingerprint density at radius 3 is 2.53 bits per heavy atom. The molecule has 7 heteroatoms. The summed E-state index contributed by atoms with van der Waals surface area (Å²) in [5.74, 6) is -0.574. The second-order valence-corrected chi connectivity index (χ2v) is 6.27. The van der Waals surface area contributed by atoms with E-state index in [4.69, 9.17) is 4.74 Å². The second-order valence-electron chi connectivity index (χ2n) is 4.36. The van der Waals surface area contributed by atoms with E-state index in [1.54, 1.807) is 0 Å². The molecule has 1 aromatic carbocycles. The van der Waals surface area contributed by atoms with Crippen molar-refractivity contribution in [1.29, 1.82) is 0 Å². The molecule has 0 spiro atoms. The van der Waals surface area contributed by atoms with Gasteiger partial charge in [0.25, 0.3) is 0 Å². The van der Waals surface area contributed by atoms with Gasteiger partial charge < -0.3 is 10.1 Å². The van der Waals surface area contributed by atoms with Crippen LogP contribution in [0.15, 0.2) is 17.0 Å². The average molecular weight is 288 g/mol. The van der Waals surface area contributed by atoms with Gasteiger partial charge in [0.05, 0.1) is 12.0 Å². The van der Waals surface area contributed by atoms with Gasteiger partial charge in [-0.3, -0.25) is 0 Å². The van der Waals surface area contributed by atoms with Crippen LogP contribution in [0.1, 0.15) is 5.56 Å². The van der Waals surface area contributed by atoms with Gasteiger partial charge in [-0.15, -0.1) is 0 Å².